The van der Waals surface area contributed by atoms with Crippen LogP contribution in [0.4, 0.5) is 0 Å². The molecule has 1 fully saturated rings. The fourth-order valence-corrected chi connectivity index (χ4v) is 4.97. The lowest BCUT2D eigenvalue weighted by atomic mass is 10.0. The second-order valence-corrected chi connectivity index (χ2v) is 9.87. The first-order valence-electron chi connectivity index (χ1n) is 12.0. The standard InChI is InChI=1S/C20H21N5O4S.C7H8/c1-10-9-30-18(22-10)15-4-3-5-25(15)19(26)13-6-12(7-14(8-13)20(27)28)17-24-23-16(29-17)11(2)21;1-7-5-3-2-4-6-7/h6-9,11,15H,3-5,21H2,1-2H3,(H,27,28);2-6H,1H3/t11-,15+;/m0./s1. The van der Waals surface area contributed by atoms with Crippen molar-refractivity contribution < 1.29 is 19.1 Å². The second-order valence-electron chi connectivity index (χ2n) is 8.98. The molecule has 2 atom stereocenters. The van der Waals surface area contributed by atoms with Crippen molar-refractivity contribution in [3.63, 3.8) is 0 Å². The summed E-state index contributed by atoms with van der Waals surface area (Å²) in [6, 6.07) is 14.1. The Hall–Kier alpha value is -3.89. The van der Waals surface area contributed by atoms with Gasteiger partial charge in [0.25, 0.3) is 5.91 Å². The van der Waals surface area contributed by atoms with Crippen LogP contribution < -0.4 is 5.73 Å². The molecule has 0 saturated carbocycles. The van der Waals surface area contributed by atoms with E-state index in [1.54, 1.807) is 17.9 Å². The Balaban J connectivity index is 0.000000396. The number of hydrogen-bond acceptors (Lipinski definition) is 8. The molecule has 5 rings (SSSR count). The van der Waals surface area contributed by atoms with Gasteiger partial charge in [-0.05, 0) is 51.8 Å². The van der Waals surface area contributed by atoms with E-state index < -0.39 is 12.0 Å². The first-order chi connectivity index (χ1) is 17.7. The quantitative estimate of drug-likeness (QED) is 0.368. The third kappa shape index (κ3) is 6.28. The van der Waals surface area contributed by atoms with Gasteiger partial charge in [-0.25, -0.2) is 9.78 Å². The van der Waals surface area contributed by atoms with E-state index >= 15 is 0 Å². The number of benzene rings is 2. The second kappa shape index (κ2) is 11.4. The third-order valence-electron chi connectivity index (χ3n) is 5.88. The highest BCUT2D eigenvalue weighted by Gasteiger charge is 2.33. The van der Waals surface area contributed by atoms with Gasteiger partial charge in [-0.15, -0.1) is 21.5 Å². The van der Waals surface area contributed by atoms with Crippen LogP contribution in [0.2, 0.25) is 0 Å². The molecule has 10 heteroatoms. The molecule has 0 unspecified atom stereocenters. The molecule has 1 amide bonds. The average molecular weight is 520 g/mol. The Kier molecular flexibility index (Phi) is 8.10. The topological polar surface area (TPSA) is 135 Å². The molecule has 4 aromatic rings. The van der Waals surface area contributed by atoms with E-state index in [-0.39, 0.29) is 34.9 Å². The number of aromatic nitrogens is 3. The summed E-state index contributed by atoms with van der Waals surface area (Å²) < 4.78 is 5.55. The lowest BCUT2D eigenvalue weighted by molar-refractivity contribution is 0.0697. The monoisotopic (exact) mass is 519 g/mol. The summed E-state index contributed by atoms with van der Waals surface area (Å²) in [6.45, 7) is 6.29. The van der Waals surface area contributed by atoms with Crippen LogP contribution in [0.15, 0.2) is 58.3 Å². The average Bonchev–Trinajstić information content (AvgIpc) is 3.64. The maximum Gasteiger partial charge on any atom is 0.335 e. The normalized spacial score (nSPS) is 15.7. The highest BCUT2D eigenvalue weighted by atomic mass is 32.1. The van der Waals surface area contributed by atoms with Crippen molar-refractivity contribution >= 4 is 23.2 Å². The summed E-state index contributed by atoms with van der Waals surface area (Å²) in [5.74, 6) is -1.04. The van der Waals surface area contributed by atoms with Gasteiger partial charge in [0.2, 0.25) is 11.8 Å². The molecule has 3 heterocycles. The Morgan fingerprint density at radius 2 is 1.86 bits per heavy atom. The molecule has 192 valence electrons. The van der Waals surface area contributed by atoms with Gasteiger partial charge in [-0.2, -0.15) is 0 Å². The van der Waals surface area contributed by atoms with E-state index in [9.17, 15) is 14.7 Å². The zero-order valence-corrected chi connectivity index (χ0v) is 21.7. The van der Waals surface area contributed by atoms with Crippen LogP contribution in [0.25, 0.3) is 11.5 Å². The smallest absolute Gasteiger partial charge is 0.335 e. The summed E-state index contributed by atoms with van der Waals surface area (Å²) >= 11 is 1.53. The van der Waals surface area contributed by atoms with Crippen LogP contribution in [0.5, 0.6) is 0 Å². The van der Waals surface area contributed by atoms with Crippen molar-refractivity contribution in [3.8, 4) is 11.5 Å². The molecule has 2 aromatic carbocycles. The van der Waals surface area contributed by atoms with Gasteiger partial charge >= 0.3 is 5.97 Å². The number of carboxylic acid groups (broad SMARTS) is 1. The van der Waals surface area contributed by atoms with Gasteiger partial charge in [-0.3, -0.25) is 4.79 Å². The number of rotatable bonds is 5. The molecular formula is C27H29N5O4S. The highest BCUT2D eigenvalue weighted by molar-refractivity contribution is 7.09. The first kappa shape index (κ1) is 26.2. The van der Waals surface area contributed by atoms with Crippen LogP contribution in [-0.2, 0) is 0 Å². The summed E-state index contributed by atoms with van der Waals surface area (Å²) in [4.78, 5) is 31.3. The zero-order chi connectivity index (χ0) is 26.5. The summed E-state index contributed by atoms with van der Waals surface area (Å²) in [5.41, 5.74) is 8.59. The van der Waals surface area contributed by atoms with Crippen LogP contribution in [-0.4, -0.2) is 43.6 Å². The van der Waals surface area contributed by atoms with Gasteiger partial charge in [0.1, 0.15) is 5.01 Å². The van der Waals surface area contributed by atoms with E-state index in [1.807, 2.05) is 30.5 Å². The number of aryl methyl sites for hydroxylation is 2. The number of likely N-dealkylation sites (tertiary alicyclic amines) is 1. The van der Waals surface area contributed by atoms with Crippen molar-refractivity contribution in [2.75, 3.05) is 6.54 Å². The summed E-state index contributed by atoms with van der Waals surface area (Å²) in [6.07, 6.45) is 1.69. The van der Waals surface area contributed by atoms with E-state index in [0.717, 1.165) is 23.5 Å². The summed E-state index contributed by atoms with van der Waals surface area (Å²) in [7, 11) is 0. The van der Waals surface area contributed by atoms with Crippen molar-refractivity contribution in [1.82, 2.24) is 20.1 Å². The number of carboxylic acids is 1. The number of nitrogens with two attached hydrogens (primary N) is 1. The molecule has 3 N–H and O–H groups in total. The van der Waals surface area contributed by atoms with Crippen molar-refractivity contribution in [2.24, 2.45) is 5.73 Å². The maximum atomic E-state index is 13.3. The van der Waals surface area contributed by atoms with Gasteiger partial charge in [0.05, 0.1) is 17.6 Å². The molecule has 1 aliphatic rings. The van der Waals surface area contributed by atoms with Crippen LogP contribution in [0.1, 0.15) is 74.7 Å². The van der Waals surface area contributed by atoms with Gasteiger partial charge < -0.3 is 20.2 Å². The molecule has 0 bridgehead atoms. The summed E-state index contributed by atoms with van der Waals surface area (Å²) in [5, 5.41) is 20.2. The van der Waals surface area contributed by atoms with Crippen LogP contribution >= 0.6 is 11.3 Å². The molecule has 9 nitrogen and oxygen atoms in total. The van der Waals surface area contributed by atoms with Gasteiger partial charge in [0, 0.05) is 28.7 Å². The van der Waals surface area contributed by atoms with Crippen LogP contribution in [0.3, 0.4) is 0 Å². The molecular weight excluding hydrogens is 490 g/mol. The number of amides is 1. The molecule has 0 radical (unpaired) electrons. The lowest BCUT2D eigenvalue weighted by Gasteiger charge is -2.23. The van der Waals surface area contributed by atoms with Crippen molar-refractivity contribution in [3.05, 3.63) is 87.2 Å². The fraction of sp³-hybridized carbons (Fsp3) is 0.296. The molecule has 37 heavy (non-hydrogen) atoms. The Labute approximate surface area is 219 Å². The van der Waals surface area contributed by atoms with Gasteiger partial charge in [0.15, 0.2) is 0 Å². The zero-order valence-electron chi connectivity index (χ0n) is 20.9. The fourth-order valence-electron chi connectivity index (χ4n) is 4.03. The number of carbonyl (C=O) groups excluding carboxylic acids is 1. The number of hydrogen-bond donors (Lipinski definition) is 2. The molecule has 2 aromatic heterocycles. The minimum atomic E-state index is -1.15. The molecule has 0 spiro atoms. The number of nitrogens with zero attached hydrogens (tertiary/aromatic N) is 4. The number of aromatic carboxylic acids is 1. The number of thiazole rings is 1. The number of carbonyl (C=O) groups is 2. The maximum absolute atomic E-state index is 13.3. The lowest BCUT2D eigenvalue weighted by Crippen LogP contribution is -2.30. The highest BCUT2D eigenvalue weighted by Crippen LogP contribution is 2.35. The van der Waals surface area contributed by atoms with E-state index in [2.05, 4.69) is 34.2 Å². The Morgan fingerprint density at radius 3 is 2.43 bits per heavy atom. The Bertz CT molecular complexity index is 1380. The van der Waals surface area contributed by atoms with Crippen molar-refractivity contribution in [2.45, 2.75) is 45.7 Å². The van der Waals surface area contributed by atoms with E-state index in [1.165, 1.54) is 29.0 Å². The molecule has 1 saturated heterocycles. The largest absolute Gasteiger partial charge is 0.478 e. The van der Waals surface area contributed by atoms with Crippen molar-refractivity contribution in [1.29, 1.82) is 0 Å². The predicted molar refractivity (Wildman–Crippen MR) is 140 cm³/mol. The van der Waals surface area contributed by atoms with Gasteiger partial charge in [-0.1, -0.05) is 35.9 Å². The van der Waals surface area contributed by atoms with E-state index in [4.69, 9.17) is 10.2 Å². The minimum Gasteiger partial charge on any atom is -0.478 e. The SMILES string of the molecule is Cc1ccccc1.Cc1csc([C@H]2CCCN2C(=O)c2cc(C(=O)O)cc(-c3nnc([C@H](C)N)o3)c2)n1. The van der Waals surface area contributed by atoms with Crippen LogP contribution in [0, 0.1) is 13.8 Å². The van der Waals surface area contributed by atoms with E-state index in [0.29, 0.717) is 12.1 Å². The Morgan fingerprint density at radius 1 is 1.14 bits per heavy atom. The molecule has 1 aliphatic heterocycles. The molecule has 0 aliphatic carbocycles. The first-order valence-corrected chi connectivity index (χ1v) is 12.8. The third-order valence-corrected chi connectivity index (χ3v) is 6.94. The predicted octanol–water partition coefficient (Wildman–Crippen LogP) is 5.19. The minimum absolute atomic E-state index is 0.0303.